The molecule has 0 aliphatic carbocycles. The number of amides is 1. The van der Waals surface area contributed by atoms with Crippen LogP contribution in [-0.2, 0) is 6.42 Å². The van der Waals surface area contributed by atoms with Gasteiger partial charge in [0.1, 0.15) is 5.69 Å². The molecule has 2 aromatic rings. The Morgan fingerprint density at radius 3 is 3.00 bits per heavy atom. The first-order valence-electron chi connectivity index (χ1n) is 6.25. The smallest absolute Gasteiger partial charge is 0.272 e. The maximum atomic E-state index is 12.0. The molecule has 1 atom stereocenters. The van der Waals surface area contributed by atoms with Crippen LogP contribution in [0.5, 0.6) is 0 Å². The van der Waals surface area contributed by atoms with E-state index in [-0.39, 0.29) is 11.9 Å². The summed E-state index contributed by atoms with van der Waals surface area (Å²) >= 11 is 0. The molecule has 1 amide bonds. The summed E-state index contributed by atoms with van der Waals surface area (Å²) < 4.78 is 4.87. The molecule has 0 aromatic carbocycles. The third-order valence-corrected chi connectivity index (χ3v) is 2.66. The first-order valence-corrected chi connectivity index (χ1v) is 6.25. The van der Waals surface area contributed by atoms with Gasteiger partial charge in [-0.3, -0.25) is 9.89 Å². The predicted octanol–water partition coefficient (Wildman–Crippen LogP) is 1.54. The van der Waals surface area contributed by atoms with Gasteiger partial charge in [-0.15, -0.1) is 0 Å². The summed E-state index contributed by atoms with van der Waals surface area (Å²) in [6.45, 7) is 5.57. The van der Waals surface area contributed by atoms with Crippen LogP contribution >= 0.6 is 0 Å². The summed E-state index contributed by atoms with van der Waals surface area (Å²) in [5.41, 5.74) is 1.33. The van der Waals surface area contributed by atoms with Gasteiger partial charge in [-0.25, -0.2) is 0 Å². The molecule has 0 saturated heterocycles. The Morgan fingerprint density at radius 1 is 1.58 bits per heavy atom. The minimum atomic E-state index is -0.323. The Balaban J connectivity index is 1.99. The largest absolute Gasteiger partial charge is 0.341 e. The fourth-order valence-corrected chi connectivity index (χ4v) is 1.70. The molecular formula is C12H17N5O2. The first kappa shape index (κ1) is 13.3. The third kappa shape index (κ3) is 3.18. The first-order chi connectivity index (χ1) is 9.10. The summed E-state index contributed by atoms with van der Waals surface area (Å²) in [5.74, 6) is 0.671. The summed E-state index contributed by atoms with van der Waals surface area (Å²) in [4.78, 5) is 16.0. The molecule has 102 valence electrons. The van der Waals surface area contributed by atoms with Gasteiger partial charge in [-0.2, -0.15) is 10.1 Å². The zero-order chi connectivity index (χ0) is 13.8. The van der Waals surface area contributed by atoms with Crippen molar-refractivity contribution in [2.75, 3.05) is 0 Å². The average molecular weight is 263 g/mol. The fourth-order valence-electron chi connectivity index (χ4n) is 1.70. The topological polar surface area (TPSA) is 96.7 Å². The summed E-state index contributed by atoms with van der Waals surface area (Å²) in [7, 11) is 0. The van der Waals surface area contributed by atoms with E-state index in [1.807, 2.05) is 0 Å². The van der Waals surface area contributed by atoms with E-state index in [2.05, 4.69) is 32.6 Å². The maximum absolute atomic E-state index is 12.0. The van der Waals surface area contributed by atoms with E-state index >= 15 is 0 Å². The van der Waals surface area contributed by atoms with Crippen molar-refractivity contribution in [1.82, 2.24) is 25.7 Å². The van der Waals surface area contributed by atoms with Crippen LogP contribution in [0.25, 0.3) is 0 Å². The van der Waals surface area contributed by atoms with Crippen molar-refractivity contribution in [3.8, 4) is 0 Å². The van der Waals surface area contributed by atoms with Crippen molar-refractivity contribution in [3.05, 3.63) is 29.2 Å². The minimum Gasteiger partial charge on any atom is -0.341 e. The molecule has 0 saturated carbocycles. The number of nitrogens with zero attached hydrogens (tertiary/aromatic N) is 3. The van der Waals surface area contributed by atoms with Crippen molar-refractivity contribution in [2.45, 2.75) is 39.7 Å². The van der Waals surface area contributed by atoms with Crippen LogP contribution in [0.15, 0.2) is 10.6 Å². The highest BCUT2D eigenvalue weighted by Gasteiger charge is 2.17. The van der Waals surface area contributed by atoms with Gasteiger partial charge < -0.3 is 9.84 Å². The van der Waals surface area contributed by atoms with Gasteiger partial charge >= 0.3 is 0 Å². The molecule has 0 aliphatic heterocycles. The van der Waals surface area contributed by atoms with Crippen molar-refractivity contribution in [2.24, 2.45) is 0 Å². The number of aryl methyl sites for hydroxylation is 2. The zero-order valence-electron chi connectivity index (χ0n) is 11.2. The second-order valence-corrected chi connectivity index (χ2v) is 4.40. The molecule has 0 spiro atoms. The van der Waals surface area contributed by atoms with Crippen LogP contribution in [0.4, 0.5) is 0 Å². The number of rotatable bonds is 5. The lowest BCUT2D eigenvalue weighted by atomic mass is 10.2. The van der Waals surface area contributed by atoms with E-state index in [9.17, 15) is 4.79 Å². The van der Waals surface area contributed by atoms with Crippen molar-refractivity contribution < 1.29 is 9.32 Å². The molecule has 0 bridgehead atoms. The average Bonchev–Trinajstić information content (AvgIpc) is 2.98. The molecule has 2 aromatic heterocycles. The molecule has 0 unspecified atom stereocenters. The number of aromatic nitrogens is 4. The number of aromatic amines is 1. The number of H-pyrrole nitrogens is 1. The van der Waals surface area contributed by atoms with Gasteiger partial charge in [-0.05, 0) is 19.4 Å². The maximum Gasteiger partial charge on any atom is 0.272 e. The SMILES string of the molecule is CCCc1cc(C(=O)N[C@@H](C)c2noc(C)n2)n[nH]1. The van der Waals surface area contributed by atoms with Gasteiger partial charge in [0, 0.05) is 12.6 Å². The molecule has 7 nitrogen and oxygen atoms in total. The molecule has 2 heterocycles. The lowest BCUT2D eigenvalue weighted by Gasteiger charge is -2.07. The fraction of sp³-hybridized carbons (Fsp3) is 0.500. The number of carbonyl (C=O) groups excluding carboxylic acids is 1. The van der Waals surface area contributed by atoms with Crippen molar-refractivity contribution in [1.29, 1.82) is 0 Å². The van der Waals surface area contributed by atoms with Crippen LogP contribution in [0, 0.1) is 6.92 Å². The van der Waals surface area contributed by atoms with Crippen molar-refractivity contribution >= 4 is 5.91 Å². The number of nitrogens with one attached hydrogen (secondary N) is 2. The van der Waals surface area contributed by atoms with Gasteiger partial charge in [0.05, 0.1) is 6.04 Å². The van der Waals surface area contributed by atoms with Crippen molar-refractivity contribution in [3.63, 3.8) is 0 Å². The minimum absolute atomic E-state index is 0.256. The van der Waals surface area contributed by atoms with E-state index in [0.717, 1.165) is 18.5 Å². The summed E-state index contributed by atoms with van der Waals surface area (Å²) in [5, 5.41) is 13.4. The predicted molar refractivity (Wildman–Crippen MR) is 67.5 cm³/mol. The Hall–Kier alpha value is -2.18. The van der Waals surface area contributed by atoms with E-state index in [1.54, 1.807) is 19.9 Å². The van der Waals surface area contributed by atoms with E-state index in [1.165, 1.54) is 0 Å². The Kier molecular flexibility index (Phi) is 3.94. The summed E-state index contributed by atoms with van der Waals surface area (Å²) in [6, 6.07) is 1.43. The lowest BCUT2D eigenvalue weighted by molar-refractivity contribution is 0.0933. The standard InChI is InChI=1S/C12H17N5O2/c1-4-5-9-6-10(16-15-9)12(18)13-7(2)11-14-8(3)19-17-11/h6-7H,4-5H2,1-3H3,(H,13,18)(H,15,16)/t7-/m0/s1. The Bertz CT molecular complexity index is 560. The molecule has 2 rings (SSSR count). The monoisotopic (exact) mass is 263 g/mol. The second kappa shape index (κ2) is 5.64. The number of hydrogen-bond acceptors (Lipinski definition) is 5. The molecule has 0 fully saturated rings. The van der Waals surface area contributed by atoms with Gasteiger partial charge in [0.15, 0.2) is 5.82 Å². The number of hydrogen-bond donors (Lipinski definition) is 2. The Morgan fingerprint density at radius 2 is 2.37 bits per heavy atom. The van der Waals surface area contributed by atoms with Gasteiger partial charge in [-0.1, -0.05) is 18.5 Å². The van der Waals surface area contributed by atoms with E-state index < -0.39 is 0 Å². The molecule has 2 N–H and O–H groups in total. The quantitative estimate of drug-likeness (QED) is 0.853. The molecule has 19 heavy (non-hydrogen) atoms. The summed E-state index contributed by atoms with van der Waals surface area (Å²) in [6.07, 6.45) is 1.88. The normalized spacial score (nSPS) is 12.4. The van der Waals surface area contributed by atoms with Crippen LogP contribution in [-0.4, -0.2) is 26.2 Å². The van der Waals surface area contributed by atoms with Crippen LogP contribution in [0.1, 0.15) is 54.2 Å². The Labute approximate surface area is 110 Å². The van der Waals surface area contributed by atoms with Crippen LogP contribution in [0.3, 0.4) is 0 Å². The highest BCUT2D eigenvalue weighted by Crippen LogP contribution is 2.09. The van der Waals surface area contributed by atoms with Gasteiger partial charge in [0.2, 0.25) is 5.89 Å². The van der Waals surface area contributed by atoms with E-state index in [4.69, 9.17) is 4.52 Å². The zero-order valence-corrected chi connectivity index (χ0v) is 11.2. The lowest BCUT2D eigenvalue weighted by Crippen LogP contribution is -2.27. The highest BCUT2D eigenvalue weighted by atomic mass is 16.5. The molecule has 0 radical (unpaired) electrons. The van der Waals surface area contributed by atoms with E-state index in [0.29, 0.717) is 17.4 Å². The number of carbonyl (C=O) groups is 1. The van der Waals surface area contributed by atoms with Gasteiger partial charge in [0.25, 0.3) is 5.91 Å². The molecular weight excluding hydrogens is 246 g/mol. The van der Waals surface area contributed by atoms with Crippen LogP contribution in [0.2, 0.25) is 0 Å². The molecule has 7 heteroatoms. The second-order valence-electron chi connectivity index (χ2n) is 4.40. The highest BCUT2D eigenvalue weighted by molar-refractivity contribution is 5.92. The third-order valence-electron chi connectivity index (χ3n) is 2.66. The van der Waals surface area contributed by atoms with Crippen LogP contribution < -0.4 is 5.32 Å². The molecule has 0 aliphatic rings.